The molecule has 0 unspecified atom stereocenters. The summed E-state index contributed by atoms with van der Waals surface area (Å²) in [5.41, 5.74) is -0.0355. The minimum Gasteiger partial charge on any atom is -0.352 e. The largest absolute Gasteiger partial charge is 0.352 e. The van der Waals surface area contributed by atoms with Gasteiger partial charge in [-0.2, -0.15) is 0 Å². The van der Waals surface area contributed by atoms with Crippen LogP contribution in [0.4, 0.5) is 11.6 Å². The van der Waals surface area contributed by atoms with Gasteiger partial charge in [0.15, 0.2) is 0 Å². The van der Waals surface area contributed by atoms with Gasteiger partial charge in [0.25, 0.3) is 11.6 Å². The van der Waals surface area contributed by atoms with Crippen molar-refractivity contribution in [3.8, 4) is 0 Å². The van der Waals surface area contributed by atoms with E-state index in [-0.39, 0.29) is 22.2 Å². The third kappa shape index (κ3) is 4.26. The van der Waals surface area contributed by atoms with Gasteiger partial charge < -0.3 is 10.2 Å². The van der Waals surface area contributed by atoms with Gasteiger partial charge >= 0.3 is 0 Å². The maximum atomic E-state index is 12.3. The second kappa shape index (κ2) is 8.09. The fourth-order valence-corrected chi connectivity index (χ4v) is 3.11. The van der Waals surface area contributed by atoms with Crippen molar-refractivity contribution < 1.29 is 9.72 Å². The van der Waals surface area contributed by atoms with E-state index in [9.17, 15) is 14.9 Å². The van der Waals surface area contributed by atoms with Crippen molar-refractivity contribution in [2.75, 3.05) is 24.5 Å². The van der Waals surface area contributed by atoms with Gasteiger partial charge in [-0.05, 0) is 37.0 Å². The fourth-order valence-electron chi connectivity index (χ4n) is 2.92. The Morgan fingerprint density at radius 2 is 2.00 bits per heavy atom. The second-order valence-electron chi connectivity index (χ2n) is 6.11. The third-order valence-corrected chi connectivity index (χ3v) is 4.73. The maximum Gasteiger partial charge on any atom is 0.288 e. The molecule has 26 heavy (non-hydrogen) atoms. The van der Waals surface area contributed by atoms with Crippen LogP contribution in [0.2, 0.25) is 5.02 Å². The lowest BCUT2D eigenvalue weighted by molar-refractivity contribution is -0.384. The molecule has 1 aliphatic rings. The van der Waals surface area contributed by atoms with Gasteiger partial charge in [-0.15, -0.1) is 0 Å². The number of halogens is 1. The molecule has 1 saturated heterocycles. The van der Waals surface area contributed by atoms with Crippen LogP contribution in [-0.4, -0.2) is 40.4 Å². The minimum absolute atomic E-state index is 0.0158. The third-order valence-electron chi connectivity index (χ3n) is 4.41. The monoisotopic (exact) mass is 375 g/mol. The number of nitrogens with zero attached hydrogens (tertiary/aromatic N) is 4. The van der Waals surface area contributed by atoms with Crippen LogP contribution in [0.5, 0.6) is 0 Å². The van der Waals surface area contributed by atoms with Crippen molar-refractivity contribution in [3.05, 3.63) is 57.4 Å². The maximum absolute atomic E-state index is 12.3. The number of carbonyl (C=O) groups excluding carboxylic acids is 1. The van der Waals surface area contributed by atoms with E-state index in [4.69, 9.17) is 11.6 Å². The lowest BCUT2D eigenvalue weighted by Crippen LogP contribution is -2.39. The number of anilines is 1. The van der Waals surface area contributed by atoms with Crippen LogP contribution in [-0.2, 0) is 0 Å². The molecule has 2 aromatic rings. The summed E-state index contributed by atoms with van der Waals surface area (Å²) in [5.74, 6) is 0.739. The number of nitro groups is 1. The summed E-state index contributed by atoms with van der Waals surface area (Å²) in [6.07, 6.45) is 5.28. The number of aromatic nitrogens is 2. The number of nitrogens with one attached hydrogen (secondary N) is 1. The van der Waals surface area contributed by atoms with Crippen molar-refractivity contribution in [2.24, 2.45) is 5.92 Å². The Balaban J connectivity index is 1.51. The van der Waals surface area contributed by atoms with Gasteiger partial charge in [-0.3, -0.25) is 14.9 Å². The van der Waals surface area contributed by atoms with Crippen LogP contribution >= 0.6 is 11.6 Å². The molecule has 136 valence electrons. The first-order chi connectivity index (χ1) is 12.5. The highest BCUT2D eigenvalue weighted by Crippen LogP contribution is 2.25. The van der Waals surface area contributed by atoms with Crippen molar-refractivity contribution in [1.82, 2.24) is 15.3 Å². The first kappa shape index (κ1) is 18.1. The molecule has 8 nitrogen and oxygen atoms in total. The number of piperidine rings is 1. The fraction of sp³-hybridized carbons (Fsp3) is 0.353. The number of hydrogen-bond donors (Lipinski definition) is 1. The first-order valence-corrected chi connectivity index (χ1v) is 8.66. The number of nitro benzene ring substituents is 1. The van der Waals surface area contributed by atoms with Crippen LogP contribution in [0.15, 0.2) is 36.7 Å². The van der Waals surface area contributed by atoms with Gasteiger partial charge in [0, 0.05) is 43.7 Å². The van der Waals surface area contributed by atoms with Gasteiger partial charge in [0.2, 0.25) is 5.95 Å². The van der Waals surface area contributed by atoms with E-state index in [1.165, 1.54) is 18.2 Å². The Hall–Kier alpha value is -2.74. The van der Waals surface area contributed by atoms with E-state index >= 15 is 0 Å². The van der Waals surface area contributed by atoms with Crippen molar-refractivity contribution in [3.63, 3.8) is 0 Å². The van der Waals surface area contributed by atoms with Crippen molar-refractivity contribution in [2.45, 2.75) is 12.8 Å². The number of carbonyl (C=O) groups is 1. The molecule has 0 aliphatic carbocycles. The average Bonchev–Trinajstić information content (AvgIpc) is 2.67. The molecule has 2 heterocycles. The van der Waals surface area contributed by atoms with Crippen LogP contribution < -0.4 is 10.2 Å². The highest BCUT2D eigenvalue weighted by Gasteiger charge is 2.22. The van der Waals surface area contributed by atoms with E-state index in [1.807, 2.05) is 0 Å². The molecule has 9 heteroatoms. The molecule has 1 fully saturated rings. The van der Waals surface area contributed by atoms with Gasteiger partial charge in [0.1, 0.15) is 5.02 Å². The summed E-state index contributed by atoms with van der Waals surface area (Å²) in [6.45, 7) is 2.19. The number of amides is 1. The van der Waals surface area contributed by atoms with Gasteiger partial charge in [0.05, 0.1) is 4.92 Å². The molecule has 0 saturated carbocycles. The lowest BCUT2D eigenvalue weighted by Gasteiger charge is -2.31. The van der Waals surface area contributed by atoms with Gasteiger partial charge in [-0.1, -0.05) is 11.6 Å². The predicted octanol–water partition coefficient (Wildman–Crippen LogP) is 2.68. The summed E-state index contributed by atoms with van der Waals surface area (Å²) in [7, 11) is 0. The number of benzene rings is 1. The minimum atomic E-state index is -0.597. The Morgan fingerprint density at radius 1 is 1.31 bits per heavy atom. The van der Waals surface area contributed by atoms with E-state index in [0.717, 1.165) is 31.9 Å². The molecule has 1 aromatic carbocycles. The molecule has 1 aromatic heterocycles. The molecule has 0 atom stereocenters. The van der Waals surface area contributed by atoms with E-state index in [2.05, 4.69) is 20.2 Å². The highest BCUT2D eigenvalue weighted by molar-refractivity contribution is 6.32. The first-order valence-electron chi connectivity index (χ1n) is 8.28. The number of rotatable bonds is 5. The second-order valence-corrected chi connectivity index (χ2v) is 6.52. The Bertz CT molecular complexity index is 794. The number of hydrogen-bond acceptors (Lipinski definition) is 6. The Kier molecular flexibility index (Phi) is 5.62. The molecule has 0 spiro atoms. The highest BCUT2D eigenvalue weighted by atomic mass is 35.5. The van der Waals surface area contributed by atoms with Crippen molar-refractivity contribution >= 4 is 29.1 Å². The summed E-state index contributed by atoms with van der Waals surface area (Å²) in [6, 6.07) is 5.84. The van der Waals surface area contributed by atoms with E-state index < -0.39 is 4.92 Å². The smallest absolute Gasteiger partial charge is 0.288 e. The zero-order chi connectivity index (χ0) is 18.5. The Morgan fingerprint density at radius 3 is 2.65 bits per heavy atom. The van der Waals surface area contributed by atoms with Crippen LogP contribution in [0.1, 0.15) is 23.2 Å². The molecule has 0 bridgehead atoms. The Labute approximate surface area is 155 Å². The molecular formula is C17H18ClN5O3. The normalized spacial score (nSPS) is 14.9. The van der Waals surface area contributed by atoms with Crippen LogP contribution in [0.3, 0.4) is 0 Å². The predicted molar refractivity (Wildman–Crippen MR) is 97.4 cm³/mol. The van der Waals surface area contributed by atoms with E-state index in [0.29, 0.717) is 12.5 Å². The SMILES string of the molecule is O=C(NCC1CCN(c2ncccn2)CC1)c1ccc(Cl)c([N+](=O)[O-])c1. The van der Waals surface area contributed by atoms with Crippen LogP contribution in [0.25, 0.3) is 0 Å². The zero-order valence-electron chi connectivity index (χ0n) is 14.0. The van der Waals surface area contributed by atoms with Crippen molar-refractivity contribution in [1.29, 1.82) is 0 Å². The van der Waals surface area contributed by atoms with Gasteiger partial charge in [-0.25, -0.2) is 9.97 Å². The summed E-state index contributed by atoms with van der Waals surface area (Å²) in [4.78, 5) is 33.2. The molecule has 1 N–H and O–H groups in total. The molecule has 1 aliphatic heterocycles. The van der Waals surface area contributed by atoms with E-state index in [1.54, 1.807) is 18.5 Å². The summed E-state index contributed by atoms with van der Waals surface area (Å²) < 4.78 is 0. The molecule has 0 radical (unpaired) electrons. The average molecular weight is 376 g/mol. The standard InChI is InChI=1S/C17H18ClN5O3/c18-14-3-2-13(10-15(14)23(25)26)16(24)21-11-12-4-8-22(9-5-12)17-19-6-1-7-20-17/h1-3,6-7,10,12H,4-5,8-9,11H2,(H,21,24). The topological polar surface area (TPSA) is 101 Å². The van der Waals surface area contributed by atoms with Crippen LogP contribution in [0, 0.1) is 16.0 Å². The molecular weight excluding hydrogens is 358 g/mol. The summed E-state index contributed by atoms with van der Waals surface area (Å²) in [5, 5.41) is 13.8. The summed E-state index contributed by atoms with van der Waals surface area (Å²) >= 11 is 5.77. The zero-order valence-corrected chi connectivity index (χ0v) is 14.7. The quantitative estimate of drug-likeness (QED) is 0.636. The lowest BCUT2D eigenvalue weighted by atomic mass is 9.97. The molecule has 3 rings (SSSR count). The molecule has 1 amide bonds.